The summed E-state index contributed by atoms with van der Waals surface area (Å²) in [6.07, 6.45) is 1.99. The Morgan fingerprint density at radius 3 is 2.60 bits per heavy atom. The number of aromatic nitrogens is 3. The minimum Gasteiger partial charge on any atom is -0.361 e. The van der Waals surface area contributed by atoms with Crippen LogP contribution in [-0.2, 0) is 0 Å². The summed E-state index contributed by atoms with van der Waals surface area (Å²) in [4.78, 5) is 14.6. The van der Waals surface area contributed by atoms with Gasteiger partial charge in [-0.1, -0.05) is 11.8 Å². The van der Waals surface area contributed by atoms with Gasteiger partial charge in [0.15, 0.2) is 15.8 Å². The second kappa shape index (κ2) is 4.11. The molecule has 0 bridgehead atoms. The fourth-order valence-electron chi connectivity index (χ4n) is 1.16. The van der Waals surface area contributed by atoms with E-state index in [0.717, 1.165) is 14.9 Å². The summed E-state index contributed by atoms with van der Waals surface area (Å²) < 4.78 is 1.96. The van der Waals surface area contributed by atoms with E-state index in [1.165, 1.54) is 0 Å². The smallest absolute Gasteiger partial charge is 0.226 e. The van der Waals surface area contributed by atoms with Gasteiger partial charge in [-0.2, -0.15) is 9.97 Å². The molecule has 0 aromatic carbocycles. The van der Waals surface area contributed by atoms with Crippen LogP contribution in [0.1, 0.15) is 0 Å². The van der Waals surface area contributed by atoms with E-state index in [0.29, 0.717) is 5.65 Å². The Balaban J connectivity index is 2.72. The van der Waals surface area contributed by atoms with Crippen molar-refractivity contribution in [2.75, 3.05) is 25.3 Å². The summed E-state index contributed by atoms with van der Waals surface area (Å²) in [5, 5.41) is 0.240. The normalized spacial score (nSPS) is 10.9. The maximum atomic E-state index is 5.83. The zero-order chi connectivity index (χ0) is 11.0. The summed E-state index contributed by atoms with van der Waals surface area (Å²) in [5.74, 6) is 0.822. The third kappa shape index (κ3) is 2.02. The van der Waals surface area contributed by atoms with Crippen LogP contribution in [-0.4, -0.2) is 35.3 Å². The van der Waals surface area contributed by atoms with Gasteiger partial charge in [-0.3, -0.25) is 0 Å². The van der Waals surface area contributed by atoms with E-state index in [1.807, 2.05) is 25.3 Å². The summed E-state index contributed by atoms with van der Waals surface area (Å²) in [7, 11) is 3.85. The third-order valence-electron chi connectivity index (χ3n) is 1.79. The summed E-state index contributed by atoms with van der Waals surface area (Å²) >= 11 is 9.02. The Kier molecular flexibility index (Phi) is 2.99. The average molecular weight is 261 g/mol. The fourth-order valence-corrected chi connectivity index (χ4v) is 2.89. The molecule has 2 aromatic heterocycles. The first-order valence-corrected chi connectivity index (χ1v) is 6.59. The molecule has 7 heteroatoms. The number of hydrogen-bond acceptors (Lipinski definition) is 6. The topological polar surface area (TPSA) is 41.9 Å². The molecule has 80 valence electrons. The summed E-state index contributed by atoms with van der Waals surface area (Å²) in [6, 6.07) is 0. The van der Waals surface area contributed by atoms with Gasteiger partial charge < -0.3 is 4.90 Å². The van der Waals surface area contributed by atoms with Gasteiger partial charge in [-0.25, -0.2) is 4.98 Å². The molecule has 0 atom stereocenters. The summed E-state index contributed by atoms with van der Waals surface area (Å²) in [6.45, 7) is 0. The molecule has 0 saturated heterocycles. The Morgan fingerprint density at radius 1 is 1.27 bits per heavy atom. The number of thiazole rings is 1. The highest BCUT2D eigenvalue weighted by molar-refractivity contribution is 8.00. The quantitative estimate of drug-likeness (QED) is 0.613. The number of nitrogens with zero attached hydrogens (tertiary/aromatic N) is 4. The maximum absolute atomic E-state index is 5.83. The van der Waals surface area contributed by atoms with E-state index in [9.17, 15) is 0 Å². The lowest BCUT2D eigenvalue weighted by Crippen LogP contribution is -2.11. The number of fused-ring (bicyclic) bond motifs is 1. The molecule has 0 unspecified atom stereocenters. The van der Waals surface area contributed by atoms with Gasteiger partial charge in [-0.15, -0.1) is 11.3 Å². The SMILES string of the molecule is CSc1nc2nc(Cl)nc(N(C)C)c2s1. The third-order valence-corrected chi connectivity index (χ3v) is 3.98. The van der Waals surface area contributed by atoms with E-state index < -0.39 is 0 Å². The molecule has 0 spiro atoms. The van der Waals surface area contributed by atoms with E-state index in [4.69, 9.17) is 11.6 Å². The molecule has 0 radical (unpaired) electrons. The van der Waals surface area contributed by atoms with Crippen LogP contribution < -0.4 is 4.90 Å². The summed E-state index contributed by atoms with van der Waals surface area (Å²) in [5.41, 5.74) is 0.674. The van der Waals surface area contributed by atoms with Gasteiger partial charge in [0.25, 0.3) is 0 Å². The molecule has 0 saturated carbocycles. The van der Waals surface area contributed by atoms with Crippen LogP contribution in [0.5, 0.6) is 0 Å². The molecule has 0 aliphatic rings. The zero-order valence-corrected chi connectivity index (χ0v) is 10.9. The lowest BCUT2D eigenvalue weighted by molar-refractivity contribution is 1.06. The fraction of sp³-hybridized carbons (Fsp3) is 0.375. The Morgan fingerprint density at radius 2 is 2.00 bits per heavy atom. The first-order valence-electron chi connectivity index (χ1n) is 4.17. The van der Waals surface area contributed by atoms with Gasteiger partial charge in [0.1, 0.15) is 4.70 Å². The van der Waals surface area contributed by atoms with Crippen molar-refractivity contribution in [2.45, 2.75) is 4.34 Å². The van der Waals surface area contributed by atoms with Gasteiger partial charge in [0.2, 0.25) is 5.28 Å². The molecule has 4 nitrogen and oxygen atoms in total. The minimum atomic E-state index is 0.240. The second-order valence-corrected chi connectivity index (χ2v) is 5.44. The van der Waals surface area contributed by atoms with Gasteiger partial charge in [-0.05, 0) is 17.9 Å². The van der Waals surface area contributed by atoms with Crippen LogP contribution in [0.2, 0.25) is 5.28 Å². The second-order valence-electron chi connectivity index (χ2n) is 3.05. The molecular weight excluding hydrogens is 252 g/mol. The van der Waals surface area contributed by atoms with E-state index in [1.54, 1.807) is 23.1 Å². The van der Waals surface area contributed by atoms with Crippen LogP contribution in [0.4, 0.5) is 5.82 Å². The molecule has 2 heterocycles. The molecular formula is C8H9ClN4S2. The number of thioether (sulfide) groups is 1. The molecule has 0 aliphatic heterocycles. The van der Waals surface area contributed by atoms with Crippen LogP contribution >= 0.6 is 34.7 Å². The van der Waals surface area contributed by atoms with Crippen molar-refractivity contribution in [3.63, 3.8) is 0 Å². The Hall–Kier alpha value is -0.590. The molecule has 0 amide bonds. The first-order chi connectivity index (χ1) is 7.11. The van der Waals surface area contributed by atoms with Crippen molar-refractivity contribution in [1.82, 2.24) is 15.0 Å². The van der Waals surface area contributed by atoms with E-state index in [2.05, 4.69) is 15.0 Å². The zero-order valence-electron chi connectivity index (χ0n) is 8.48. The van der Waals surface area contributed by atoms with Crippen LogP contribution in [0.3, 0.4) is 0 Å². The van der Waals surface area contributed by atoms with E-state index >= 15 is 0 Å². The molecule has 0 aliphatic carbocycles. The minimum absolute atomic E-state index is 0.240. The highest BCUT2D eigenvalue weighted by atomic mass is 35.5. The lowest BCUT2D eigenvalue weighted by atomic mass is 10.5. The maximum Gasteiger partial charge on any atom is 0.226 e. The predicted octanol–water partition coefficient (Wildman–Crippen LogP) is 2.53. The number of hydrogen-bond donors (Lipinski definition) is 0. The van der Waals surface area contributed by atoms with Crippen LogP contribution in [0.25, 0.3) is 10.3 Å². The Labute approximate surface area is 101 Å². The predicted molar refractivity (Wildman–Crippen MR) is 66.3 cm³/mol. The molecule has 0 fully saturated rings. The van der Waals surface area contributed by atoms with Crippen molar-refractivity contribution in [2.24, 2.45) is 0 Å². The van der Waals surface area contributed by atoms with Gasteiger partial charge >= 0.3 is 0 Å². The molecule has 15 heavy (non-hydrogen) atoms. The number of rotatable bonds is 2. The van der Waals surface area contributed by atoms with Crippen LogP contribution in [0, 0.1) is 0 Å². The lowest BCUT2D eigenvalue weighted by Gasteiger charge is -2.10. The monoisotopic (exact) mass is 260 g/mol. The molecule has 2 aromatic rings. The van der Waals surface area contributed by atoms with E-state index in [-0.39, 0.29) is 5.28 Å². The van der Waals surface area contributed by atoms with Crippen molar-refractivity contribution >= 4 is 50.9 Å². The highest BCUT2D eigenvalue weighted by Gasteiger charge is 2.13. The Bertz CT molecular complexity index is 497. The largest absolute Gasteiger partial charge is 0.361 e. The van der Waals surface area contributed by atoms with Crippen molar-refractivity contribution < 1.29 is 0 Å². The molecule has 2 rings (SSSR count). The highest BCUT2D eigenvalue weighted by Crippen LogP contribution is 2.33. The van der Waals surface area contributed by atoms with Crippen molar-refractivity contribution in [3.8, 4) is 0 Å². The standard InChI is InChI=1S/C8H9ClN4S2/c1-13(2)6-4-5(10-7(9)12-6)11-8(14-3)15-4/h1-3H3. The first kappa shape index (κ1) is 10.9. The van der Waals surface area contributed by atoms with Crippen LogP contribution in [0.15, 0.2) is 4.34 Å². The van der Waals surface area contributed by atoms with Gasteiger partial charge in [0.05, 0.1) is 0 Å². The van der Waals surface area contributed by atoms with Gasteiger partial charge in [0, 0.05) is 14.1 Å². The van der Waals surface area contributed by atoms with Crippen molar-refractivity contribution in [3.05, 3.63) is 5.28 Å². The van der Waals surface area contributed by atoms with Crippen molar-refractivity contribution in [1.29, 1.82) is 0 Å². The average Bonchev–Trinajstić information content (AvgIpc) is 2.58. The number of halogens is 1. The number of anilines is 1. The molecule has 0 N–H and O–H groups in total.